The van der Waals surface area contributed by atoms with E-state index < -0.39 is 10.1 Å². The number of amides is 1. The smallest absolute Gasteiger partial charge is 0.264 e. The van der Waals surface area contributed by atoms with Gasteiger partial charge in [0, 0.05) is 33.1 Å². The molecule has 0 aliphatic carbocycles. The molecule has 0 bridgehead atoms. The quantitative estimate of drug-likeness (QED) is 0.676. The molecule has 6 nitrogen and oxygen atoms in total. The maximum Gasteiger partial charge on any atom is 0.264 e. The summed E-state index contributed by atoms with van der Waals surface area (Å²) in [5, 5.41) is 0. The predicted octanol–water partition coefficient (Wildman–Crippen LogP) is -0.572. The van der Waals surface area contributed by atoms with Crippen LogP contribution in [0.3, 0.4) is 0 Å². The highest BCUT2D eigenvalue weighted by Gasteiger charge is 2.18. The molecule has 7 heteroatoms. The molecule has 0 spiro atoms. The van der Waals surface area contributed by atoms with E-state index in [-0.39, 0.29) is 11.7 Å². The lowest BCUT2D eigenvalue weighted by atomic mass is 10.3. The Morgan fingerprint density at radius 2 is 1.81 bits per heavy atom. The van der Waals surface area contributed by atoms with E-state index in [4.69, 9.17) is 4.55 Å². The second-order valence-electron chi connectivity index (χ2n) is 3.99. The molecule has 0 radical (unpaired) electrons. The van der Waals surface area contributed by atoms with Crippen LogP contribution in [-0.4, -0.2) is 67.2 Å². The average Bonchev–Trinajstić information content (AvgIpc) is 2.16. The van der Waals surface area contributed by atoms with Crippen LogP contribution in [0.15, 0.2) is 0 Å². The van der Waals surface area contributed by atoms with Gasteiger partial charge in [0.05, 0.1) is 5.75 Å². The van der Waals surface area contributed by atoms with Crippen LogP contribution in [0, 0.1) is 0 Å². The lowest BCUT2D eigenvalue weighted by Crippen LogP contribution is -2.48. The number of nitrogens with zero attached hydrogens (tertiary/aromatic N) is 2. The molecular weight excluding hydrogens is 232 g/mol. The predicted molar refractivity (Wildman–Crippen MR) is 59.7 cm³/mol. The highest BCUT2D eigenvalue weighted by molar-refractivity contribution is 7.85. The van der Waals surface area contributed by atoms with Gasteiger partial charge in [0.15, 0.2) is 0 Å². The number of hydrogen-bond acceptors (Lipinski definition) is 4. The maximum absolute atomic E-state index is 11.0. The lowest BCUT2D eigenvalue weighted by Gasteiger charge is -2.34. The summed E-state index contributed by atoms with van der Waals surface area (Å²) in [4.78, 5) is 14.9. The standard InChI is InChI=1S/C9H18N2O4S/c1-9(12)11-6-4-10(5-7-11)3-2-8-16(13,14)15/h2-8H2,1H3,(H,13,14,15). The average molecular weight is 250 g/mol. The molecular formula is C9H18N2O4S. The number of hydrogen-bond donors (Lipinski definition) is 1. The van der Waals surface area contributed by atoms with E-state index >= 15 is 0 Å². The van der Waals surface area contributed by atoms with Crippen molar-refractivity contribution >= 4 is 16.0 Å². The normalized spacial score (nSPS) is 18.8. The Kier molecular flexibility index (Phi) is 4.69. The molecule has 1 rings (SSSR count). The van der Waals surface area contributed by atoms with Gasteiger partial charge in [0.25, 0.3) is 10.1 Å². The fourth-order valence-corrected chi connectivity index (χ4v) is 2.25. The zero-order chi connectivity index (χ0) is 12.2. The van der Waals surface area contributed by atoms with Crippen molar-refractivity contribution < 1.29 is 17.8 Å². The van der Waals surface area contributed by atoms with Crippen LogP contribution in [0.1, 0.15) is 13.3 Å². The summed E-state index contributed by atoms with van der Waals surface area (Å²) in [5.41, 5.74) is 0. The van der Waals surface area contributed by atoms with Gasteiger partial charge < -0.3 is 4.90 Å². The van der Waals surface area contributed by atoms with Crippen molar-refractivity contribution in [3.63, 3.8) is 0 Å². The van der Waals surface area contributed by atoms with Gasteiger partial charge in [0.1, 0.15) is 0 Å². The molecule has 16 heavy (non-hydrogen) atoms. The van der Waals surface area contributed by atoms with E-state index in [0.29, 0.717) is 26.1 Å². The van der Waals surface area contributed by atoms with Gasteiger partial charge in [-0.25, -0.2) is 0 Å². The largest absolute Gasteiger partial charge is 0.340 e. The first-order valence-corrected chi connectivity index (χ1v) is 6.92. The summed E-state index contributed by atoms with van der Waals surface area (Å²) in [6.07, 6.45) is 0.429. The maximum atomic E-state index is 11.0. The minimum Gasteiger partial charge on any atom is -0.340 e. The van der Waals surface area contributed by atoms with Crippen molar-refractivity contribution in [3.8, 4) is 0 Å². The molecule has 0 aromatic carbocycles. The first-order valence-electron chi connectivity index (χ1n) is 5.31. The zero-order valence-corrected chi connectivity index (χ0v) is 10.2. The van der Waals surface area contributed by atoms with Gasteiger partial charge >= 0.3 is 0 Å². The Bertz CT molecular complexity index is 333. The summed E-state index contributed by atoms with van der Waals surface area (Å²) < 4.78 is 29.6. The SMILES string of the molecule is CC(=O)N1CCN(CCCS(=O)(=O)O)CC1. The topological polar surface area (TPSA) is 77.9 Å². The number of carbonyl (C=O) groups excluding carboxylic acids is 1. The molecule has 0 aromatic heterocycles. The minimum absolute atomic E-state index is 0.0811. The van der Waals surface area contributed by atoms with Crippen LogP contribution in [0.2, 0.25) is 0 Å². The van der Waals surface area contributed by atoms with Gasteiger partial charge in [-0.15, -0.1) is 0 Å². The van der Waals surface area contributed by atoms with Crippen molar-refractivity contribution in [2.45, 2.75) is 13.3 Å². The van der Waals surface area contributed by atoms with Crippen molar-refractivity contribution in [2.24, 2.45) is 0 Å². The van der Waals surface area contributed by atoms with Crippen LogP contribution in [0.4, 0.5) is 0 Å². The fraction of sp³-hybridized carbons (Fsp3) is 0.889. The molecule has 0 unspecified atom stereocenters. The first kappa shape index (κ1) is 13.4. The molecule has 1 fully saturated rings. The number of carbonyl (C=O) groups is 1. The second-order valence-corrected chi connectivity index (χ2v) is 5.56. The van der Waals surface area contributed by atoms with Crippen molar-refractivity contribution in [1.82, 2.24) is 9.80 Å². The summed E-state index contributed by atoms with van der Waals surface area (Å²) in [6.45, 7) is 5.12. The van der Waals surface area contributed by atoms with Gasteiger partial charge in [0.2, 0.25) is 5.91 Å². The van der Waals surface area contributed by atoms with Crippen molar-refractivity contribution in [2.75, 3.05) is 38.5 Å². The van der Waals surface area contributed by atoms with Gasteiger partial charge in [-0.05, 0) is 13.0 Å². The summed E-state index contributed by atoms with van der Waals surface area (Å²) >= 11 is 0. The summed E-state index contributed by atoms with van der Waals surface area (Å²) in [5.74, 6) is -0.113. The zero-order valence-electron chi connectivity index (χ0n) is 9.42. The Labute approximate surface area is 96.0 Å². The molecule has 0 aromatic rings. The van der Waals surface area contributed by atoms with E-state index in [9.17, 15) is 13.2 Å². The van der Waals surface area contributed by atoms with Gasteiger partial charge in [-0.1, -0.05) is 0 Å². The van der Waals surface area contributed by atoms with E-state index in [2.05, 4.69) is 4.90 Å². The second kappa shape index (κ2) is 5.60. The van der Waals surface area contributed by atoms with E-state index in [1.807, 2.05) is 0 Å². The third-order valence-corrected chi connectivity index (χ3v) is 3.50. The van der Waals surface area contributed by atoms with Gasteiger partial charge in [-0.2, -0.15) is 8.42 Å². The fourth-order valence-electron chi connectivity index (χ4n) is 1.76. The highest BCUT2D eigenvalue weighted by Crippen LogP contribution is 2.03. The molecule has 1 N–H and O–H groups in total. The van der Waals surface area contributed by atoms with Crippen LogP contribution in [0.25, 0.3) is 0 Å². The molecule has 1 aliphatic heterocycles. The third-order valence-electron chi connectivity index (χ3n) is 2.69. The lowest BCUT2D eigenvalue weighted by molar-refractivity contribution is -0.130. The van der Waals surface area contributed by atoms with Crippen molar-refractivity contribution in [1.29, 1.82) is 0 Å². The summed E-state index contributed by atoms with van der Waals surface area (Å²) in [6, 6.07) is 0. The summed E-state index contributed by atoms with van der Waals surface area (Å²) in [7, 11) is -3.84. The molecule has 1 heterocycles. The Balaban J connectivity index is 2.20. The number of rotatable bonds is 4. The first-order chi connectivity index (χ1) is 7.38. The molecule has 0 atom stereocenters. The van der Waals surface area contributed by atoms with Gasteiger partial charge in [-0.3, -0.25) is 14.2 Å². The van der Waals surface area contributed by atoms with E-state index in [1.165, 1.54) is 0 Å². The van der Waals surface area contributed by atoms with Crippen LogP contribution >= 0.6 is 0 Å². The molecule has 0 saturated carbocycles. The Morgan fingerprint density at radius 1 is 1.25 bits per heavy atom. The monoisotopic (exact) mass is 250 g/mol. The Hall–Kier alpha value is -0.660. The van der Waals surface area contributed by atoms with Crippen molar-refractivity contribution in [3.05, 3.63) is 0 Å². The van der Waals surface area contributed by atoms with E-state index in [1.54, 1.807) is 11.8 Å². The Morgan fingerprint density at radius 3 is 2.25 bits per heavy atom. The molecule has 1 amide bonds. The van der Waals surface area contributed by atoms with Crippen LogP contribution in [0.5, 0.6) is 0 Å². The van der Waals surface area contributed by atoms with Crippen LogP contribution < -0.4 is 0 Å². The van der Waals surface area contributed by atoms with E-state index in [0.717, 1.165) is 13.1 Å². The highest BCUT2D eigenvalue weighted by atomic mass is 32.2. The molecule has 1 saturated heterocycles. The number of piperazine rings is 1. The third kappa shape index (κ3) is 4.91. The van der Waals surface area contributed by atoms with Crippen LogP contribution in [-0.2, 0) is 14.9 Å². The molecule has 1 aliphatic rings. The minimum atomic E-state index is -3.84. The molecule has 94 valence electrons.